The summed E-state index contributed by atoms with van der Waals surface area (Å²) in [7, 11) is 0. The molecule has 0 atom stereocenters. The minimum Gasteiger partial charge on any atom is -0.506 e. The second kappa shape index (κ2) is 3.92. The number of aromatic nitrogens is 2. The van der Waals surface area contributed by atoms with Crippen LogP contribution >= 0.6 is 11.6 Å². The molecule has 0 aliphatic carbocycles. The highest BCUT2D eigenvalue weighted by atomic mass is 35.5. The van der Waals surface area contributed by atoms with Crippen LogP contribution < -0.4 is 5.73 Å². The van der Waals surface area contributed by atoms with Gasteiger partial charge < -0.3 is 10.8 Å². The van der Waals surface area contributed by atoms with E-state index in [-0.39, 0.29) is 5.75 Å². The van der Waals surface area contributed by atoms with E-state index in [0.717, 1.165) is 16.6 Å². The molecule has 5 heteroatoms. The Kier molecular flexibility index (Phi) is 2.38. The molecule has 0 aliphatic heterocycles. The highest BCUT2D eigenvalue weighted by Gasteiger charge is 2.11. The molecule has 0 spiro atoms. The number of halogens is 1. The van der Waals surface area contributed by atoms with E-state index in [1.54, 1.807) is 28.9 Å². The van der Waals surface area contributed by atoms with Crippen molar-refractivity contribution >= 4 is 22.8 Å². The molecule has 0 bridgehead atoms. The van der Waals surface area contributed by atoms with Gasteiger partial charge in [-0.2, -0.15) is 5.10 Å². The lowest BCUT2D eigenvalue weighted by Gasteiger charge is -2.06. The van der Waals surface area contributed by atoms with Crippen molar-refractivity contribution in [3.05, 3.63) is 47.7 Å². The summed E-state index contributed by atoms with van der Waals surface area (Å²) in [5, 5.41) is 14.3. The van der Waals surface area contributed by atoms with Gasteiger partial charge in [0.25, 0.3) is 0 Å². The number of aromatic hydroxyl groups is 1. The molecule has 2 aromatic heterocycles. The van der Waals surface area contributed by atoms with Gasteiger partial charge in [-0.15, -0.1) is 0 Å². The molecule has 1 aromatic carbocycles. The first kappa shape index (κ1) is 10.9. The number of pyridine rings is 1. The van der Waals surface area contributed by atoms with E-state index in [9.17, 15) is 5.11 Å². The van der Waals surface area contributed by atoms with E-state index in [1.165, 1.54) is 6.20 Å². The molecular weight excluding hydrogens is 250 g/mol. The van der Waals surface area contributed by atoms with Crippen LogP contribution in [-0.4, -0.2) is 14.7 Å². The van der Waals surface area contributed by atoms with Gasteiger partial charge >= 0.3 is 0 Å². The molecule has 0 amide bonds. The fraction of sp³-hybridized carbons (Fsp3) is 0. The molecule has 0 fully saturated rings. The molecule has 90 valence electrons. The highest BCUT2D eigenvalue weighted by molar-refractivity contribution is 6.34. The van der Waals surface area contributed by atoms with Crippen LogP contribution in [0.1, 0.15) is 0 Å². The van der Waals surface area contributed by atoms with Crippen molar-refractivity contribution in [1.29, 1.82) is 0 Å². The fourth-order valence-corrected chi connectivity index (χ4v) is 2.18. The molecule has 18 heavy (non-hydrogen) atoms. The molecule has 3 aromatic rings. The summed E-state index contributed by atoms with van der Waals surface area (Å²) < 4.78 is 1.56. The van der Waals surface area contributed by atoms with E-state index < -0.39 is 0 Å². The molecule has 0 aliphatic rings. The highest BCUT2D eigenvalue weighted by Crippen LogP contribution is 2.32. The van der Waals surface area contributed by atoms with Gasteiger partial charge in [0.2, 0.25) is 0 Å². The van der Waals surface area contributed by atoms with Crippen molar-refractivity contribution in [2.24, 2.45) is 0 Å². The maximum Gasteiger partial charge on any atom is 0.134 e. The minimum absolute atomic E-state index is 0.133. The van der Waals surface area contributed by atoms with Crippen LogP contribution in [0.5, 0.6) is 5.75 Å². The number of nitrogens with zero attached hydrogens (tertiary/aromatic N) is 2. The van der Waals surface area contributed by atoms with Gasteiger partial charge in [0.05, 0.1) is 22.9 Å². The van der Waals surface area contributed by atoms with E-state index in [1.807, 2.05) is 12.1 Å². The topological polar surface area (TPSA) is 63.5 Å². The zero-order valence-electron chi connectivity index (χ0n) is 9.34. The summed E-state index contributed by atoms with van der Waals surface area (Å²) >= 11 is 6.12. The van der Waals surface area contributed by atoms with Crippen molar-refractivity contribution in [2.45, 2.75) is 0 Å². The SMILES string of the molecule is Nc1ccc(-c2cc(O)cn3ncc(Cl)c23)cc1. The molecule has 0 unspecified atom stereocenters. The molecule has 4 nitrogen and oxygen atoms in total. The van der Waals surface area contributed by atoms with E-state index in [4.69, 9.17) is 17.3 Å². The molecule has 0 radical (unpaired) electrons. The van der Waals surface area contributed by atoms with Crippen LogP contribution in [0.3, 0.4) is 0 Å². The minimum atomic E-state index is 0.133. The first-order valence-corrected chi connectivity index (χ1v) is 5.75. The predicted molar refractivity (Wildman–Crippen MR) is 71.7 cm³/mol. The van der Waals surface area contributed by atoms with Gasteiger partial charge in [0, 0.05) is 11.3 Å². The number of anilines is 1. The molecule has 2 heterocycles. The Balaban J connectivity index is 2.33. The van der Waals surface area contributed by atoms with E-state index >= 15 is 0 Å². The zero-order valence-corrected chi connectivity index (χ0v) is 10.1. The van der Waals surface area contributed by atoms with Gasteiger partial charge in [-0.05, 0) is 23.8 Å². The molecule has 0 saturated heterocycles. The Morgan fingerprint density at radius 2 is 1.94 bits per heavy atom. The summed E-state index contributed by atoms with van der Waals surface area (Å²) in [6.45, 7) is 0. The lowest BCUT2D eigenvalue weighted by molar-refractivity contribution is 0.471. The van der Waals surface area contributed by atoms with Crippen LogP contribution in [0.15, 0.2) is 42.7 Å². The van der Waals surface area contributed by atoms with Crippen LogP contribution in [-0.2, 0) is 0 Å². The van der Waals surface area contributed by atoms with Crippen molar-refractivity contribution < 1.29 is 5.11 Å². The summed E-state index contributed by atoms with van der Waals surface area (Å²) in [5.74, 6) is 0.133. The summed E-state index contributed by atoms with van der Waals surface area (Å²) in [6, 6.07) is 9.04. The smallest absolute Gasteiger partial charge is 0.134 e. The summed E-state index contributed by atoms with van der Waals surface area (Å²) in [4.78, 5) is 0. The third kappa shape index (κ3) is 1.67. The van der Waals surface area contributed by atoms with Gasteiger partial charge in [-0.25, -0.2) is 4.52 Å². The molecule has 3 rings (SSSR count). The van der Waals surface area contributed by atoms with Gasteiger partial charge in [0.15, 0.2) is 0 Å². The van der Waals surface area contributed by atoms with E-state index in [0.29, 0.717) is 10.7 Å². The molecule has 3 N–H and O–H groups in total. The number of rotatable bonds is 1. The van der Waals surface area contributed by atoms with Crippen LogP contribution in [0, 0.1) is 0 Å². The number of benzene rings is 1. The maximum atomic E-state index is 9.71. The second-order valence-corrected chi connectivity index (χ2v) is 4.43. The lowest BCUT2D eigenvalue weighted by atomic mass is 10.1. The Bertz CT molecular complexity index is 719. The first-order valence-electron chi connectivity index (χ1n) is 5.37. The standard InChI is InChI=1S/C13H10ClN3O/c14-12-6-16-17-7-10(18)5-11(13(12)17)8-1-3-9(15)4-2-8/h1-7,18H,15H2. The zero-order chi connectivity index (χ0) is 12.7. The monoisotopic (exact) mass is 259 g/mol. The predicted octanol–water partition coefficient (Wildman–Crippen LogP) is 2.94. The maximum absolute atomic E-state index is 9.71. The Labute approximate surface area is 108 Å². The average Bonchev–Trinajstić information content (AvgIpc) is 2.71. The van der Waals surface area contributed by atoms with E-state index in [2.05, 4.69) is 5.10 Å². The Hall–Kier alpha value is -2.20. The van der Waals surface area contributed by atoms with Crippen LogP contribution in [0.25, 0.3) is 16.6 Å². The number of fused-ring (bicyclic) bond motifs is 1. The normalized spacial score (nSPS) is 10.9. The summed E-state index contributed by atoms with van der Waals surface area (Å²) in [5.41, 5.74) is 8.86. The first-order chi connectivity index (χ1) is 8.65. The van der Waals surface area contributed by atoms with Crippen molar-refractivity contribution in [3.63, 3.8) is 0 Å². The van der Waals surface area contributed by atoms with Gasteiger partial charge in [0.1, 0.15) is 5.75 Å². The van der Waals surface area contributed by atoms with Crippen molar-refractivity contribution in [2.75, 3.05) is 5.73 Å². The second-order valence-electron chi connectivity index (χ2n) is 4.02. The van der Waals surface area contributed by atoms with Crippen LogP contribution in [0.2, 0.25) is 5.02 Å². The number of nitrogens with two attached hydrogens (primary N) is 1. The Morgan fingerprint density at radius 1 is 1.22 bits per heavy atom. The third-order valence-electron chi connectivity index (χ3n) is 2.77. The van der Waals surface area contributed by atoms with Crippen molar-refractivity contribution in [1.82, 2.24) is 9.61 Å². The Morgan fingerprint density at radius 3 is 2.67 bits per heavy atom. The average molecular weight is 260 g/mol. The largest absolute Gasteiger partial charge is 0.506 e. The number of hydrogen-bond donors (Lipinski definition) is 2. The quantitative estimate of drug-likeness (QED) is 0.661. The summed E-state index contributed by atoms with van der Waals surface area (Å²) in [6.07, 6.45) is 3.07. The van der Waals surface area contributed by atoms with Crippen LogP contribution in [0.4, 0.5) is 5.69 Å². The van der Waals surface area contributed by atoms with Crippen molar-refractivity contribution in [3.8, 4) is 16.9 Å². The lowest BCUT2D eigenvalue weighted by Crippen LogP contribution is -1.90. The fourth-order valence-electron chi connectivity index (χ4n) is 1.95. The third-order valence-corrected chi connectivity index (χ3v) is 3.05. The van der Waals surface area contributed by atoms with Gasteiger partial charge in [-0.3, -0.25) is 0 Å². The molecular formula is C13H10ClN3O. The van der Waals surface area contributed by atoms with Gasteiger partial charge in [-0.1, -0.05) is 23.7 Å². The number of nitrogen functional groups attached to an aromatic ring is 1. The molecule has 0 saturated carbocycles. The number of hydrogen-bond acceptors (Lipinski definition) is 3.